The second-order valence-corrected chi connectivity index (χ2v) is 5.21. The molecular formula is C12H9BrClNO3. The molecule has 0 fully saturated rings. The van der Waals surface area contributed by atoms with Gasteiger partial charge in [-0.1, -0.05) is 28.1 Å². The van der Waals surface area contributed by atoms with Crippen molar-refractivity contribution in [3.8, 4) is 0 Å². The normalized spacial score (nSPS) is 12.3. The Bertz CT molecular complexity index is 553. The van der Waals surface area contributed by atoms with Crippen LogP contribution in [0, 0.1) is 10.1 Å². The van der Waals surface area contributed by atoms with Gasteiger partial charge in [0.25, 0.3) is 5.69 Å². The van der Waals surface area contributed by atoms with Gasteiger partial charge in [0.15, 0.2) is 5.22 Å². The zero-order valence-electron chi connectivity index (χ0n) is 9.18. The quantitative estimate of drug-likeness (QED) is 0.470. The van der Waals surface area contributed by atoms with Crippen LogP contribution in [0.3, 0.4) is 0 Å². The monoisotopic (exact) mass is 329 g/mol. The number of hydrogen-bond donors (Lipinski definition) is 0. The summed E-state index contributed by atoms with van der Waals surface area (Å²) in [7, 11) is 0. The lowest BCUT2D eigenvalue weighted by Crippen LogP contribution is -1.94. The molecule has 0 saturated carbocycles. The summed E-state index contributed by atoms with van der Waals surface area (Å²) < 4.78 is 5.29. The molecule has 1 aromatic heterocycles. The van der Waals surface area contributed by atoms with E-state index in [1.54, 1.807) is 24.3 Å². The lowest BCUT2D eigenvalue weighted by molar-refractivity contribution is -0.384. The second kappa shape index (κ2) is 5.54. The summed E-state index contributed by atoms with van der Waals surface area (Å²) in [6, 6.07) is 9.93. The van der Waals surface area contributed by atoms with Gasteiger partial charge in [-0.05, 0) is 35.7 Å². The molecule has 1 aromatic carbocycles. The number of nitro benzene ring substituents is 1. The van der Waals surface area contributed by atoms with Gasteiger partial charge in [0.1, 0.15) is 5.76 Å². The molecule has 0 bridgehead atoms. The summed E-state index contributed by atoms with van der Waals surface area (Å²) >= 11 is 9.20. The molecule has 1 atom stereocenters. The molecule has 0 radical (unpaired) electrons. The highest BCUT2D eigenvalue weighted by atomic mass is 79.9. The van der Waals surface area contributed by atoms with Gasteiger partial charge >= 0.3 is 0 Å². The van der Waals surface area contributed by atoms with Gasteiger partial charge in [0.05, 0.1) is 9.75 Å². The van der Waals surface area contributed by atoms with Crippen molar-refractivity contribution in [2.45, 2.75) is 11.2 Å². The van der Waals surface area contributed by atoms with E-state index in [4.69, 9.17) is 16.0 Å². The molecule has 2 aromatic rings. The Morgan fingerprint density at radius 3 is 2.44 bits per heavy atom. The van der Waals surface area contributed by atoms with E-state index in [1.807, 2.05) is 0 Å². The van der Waals surface area contributed by atoms with E-state index >= 15 is 0 Å². The van der Waals surface area contributed by atoms with Gasteiger partial charge in [-0.3, -0.25) is 10.1 Å². The molecule has 1 unspecified atom stereocenters. The maximum absolute atomic E-state index is 10.5. The van der Waals surface area contributed by atoms with Gasteiger partial charge in [-0.15, -0.1) is 0 Å². The molecular weight excluding hydrogens is 321 g/mol. The predicted molar refractivity (Wildman–Crippen MR) is 72.2 cm³/mol. The van der Waals surface area contributed by atoms with E-state index in [0.29, 0.717) is 11.6 Å². The Kier molecular flexibility index (Phi) is 4.04. The standard InChI is InChI=1S/C12H9BrClNO3/c13-10(11-5-6-12(14)18-11)7-8-1-3-9(4-2-8)15(16)17/h1-6,10H,7H2. The van der Waals surface area contributed by atoms with Crippen LogP contribution in [-0.2, 0) is 6.42 Å². The third kappa shape index (κ3) is 3.11. The number of hydrogen-bond acceptors (Lipinski definition) is 3. The molecule has 0 amide bonds. The van der Waals surface area contributed by atoms with E-state index < -0.39 is 4.92 Å². The van der Waals surface area contributed by atoms with Crippen LogP contribution in [0.2, 0.25) is 5.22 Å². The molecule has 2 rings (SSSR count). The lowest BCUT2D eigenvalue weighted by Gasteiger charge is -2.06. The highest BCUT2D eigenvalue weighted by Crippen LogP contribution is 2.30. The van der Waals surface area contributed by atoms with Crippen LogP contribution in [-0.4, -0.2) is 4.92 Å². The Labute approximate surface area is 117 Å². The van der Waals surface area contributed by atoms with Crippen LogP contribution < -0.4 is 0 Å². The van der Waals surface area contributed by atoms with Crippen LogP contribution in [0.15, 0.2) is 40.8 Å². The van der Waals surface area contributed by atoms with Crippen molar-refractivity contribution in [3.63, 3.8) is 0 Å². The van der Waals surface area contributed by atoms with Gasteiger partial charge in [-0.25, -0.2) is 0 Å². The third-order valence-electron chi connectivity index (χ3n) is 2.46. The number of benzene rings is 1. The van der Waals surface area contributed by atoms with Crippen molar-refractivity contribution in [2.75, 3.05) is 0 Å². The van der Waals surface area contributed by atoms with Crippen molar-refractivity contribution in [1.29, 1.82) is 0 Å². The summed E-state index contributed by atoms with van der Waals surface area (Å²) in [4.78, 5) is 10.1. The molecule has 0 N–H and O–H groups in total. The highest BCUT2D eigenvalue weighted by molar-refractivity contribution is 9.09. The summed E-state index contributed by atoms with van der Waals surface area (Å²) in [6.07, 6.45) is 0.668. The Hall–Kier alpha value is -1.33. The maximum atomic E-state index is 10.5. The number of alkyl halides is 1. The van der Waals surface area contributed by atoms with Crippen molar-refractivity contribution in [3.05, 3.63) is 63.1 Å². The van der Waals surface area contributed by atoms with Crippen LogP contribution >= 0.6 is 27.5 Å². The minimum atomic E-state index is -0.415. The second-order valence-electron chi connectivity index (χ2n) is 3.74. The first kappa shape index (κ1) is 13.1. The molecule has 6 heteroatoms. The van der Waals surface area contributed by atoms with E-state index in [2.05, 4.69) is 15.9 Å². The molecule has 0 spiro atoms. The fourth-order valence-electron chi connectivity index (χ4n) is 1.56. The molecule has 18 heavy (non-hydrogen) atoms. The number of halogens is 2. The van der Waals surface area contributed by atoms with Crippen LogP contribution in [0.4, 0.5) is 5.69 Å². The van der Waals surface area contributed by atoms with Crippen molar-refractivity contribution < 1.29 is 9.34 Å². The zero-order valence-corrected chi connectivity index (χ0v) is 11.5. The third-order valence-corrected chi connectivity index (χ3v) is 3.44. The summed E-state index contributed by atoms with van der Waals surface area (Å²) in [6.45, 7) is 0. The average molecular weight is 331 g/mol. The largest absolute Gasteiger partial charge is 0.449 e. The van der Waals surface area contributed by atoms with E-state index in [0.717, 1.165) is 11.3 Å². The first-order valence-electron chi connectivity index (χ1n) is 5.19. The number of rotatable bonds is 4. The topological polar surface area (TPSA) is 56.3 Å². The first-order valence-corrected chi connectivity index (χ1v) is 6.48. The molecule has 0 aliphatic carbocycles. The molecule has 4 nitrogen and oxygen atoms in total. The van der Waals surface area contributed by atoms with Gasteiger partial charge in [0.2, 0.25) is 0 Å². The number of nitrogens with zero attached hydrogens (tertiary/aromatic N) is 1. The SMILES string of the molecule is O=[N+]([O-])c1ccc(CC(Br)c2ccc(Cl)o2)cc1. The Balaban J connectivity index is 2.07. The van der Waals surface area contributed by atoms with E-state index in [-0.39, 0.29) is 10.5 Å². The van der Waals surface area contributed by atoms with Crippen molar-refractivity contribution in [1.82, 2.24) is 0 Å². The van der Waals surface area contributed by atoms with Crippen LogP contribution in [0.25, 0.3) is 0 Å². The Morgan fingerprint density at radius 2 is 1.94 bits per heavy atom. The van der Waals surface area contributed by atoms with Crippen molar-refractivity contribution in [2.24, 2.45) is 0 Å². The Morgan fingerprint density at radius 1 is 1.28 bits per heavy atom. The number of furan rings is 1. The smallest absolute Gasteiger partial charge is 0.269 e. The lowest BCUT2D eigenvalue weighted by atomic mass is 10.1. The van der Waals surface area contributed by atoms with Crippen LogP contribution in [0.5, 0.6) is 0 Å². The number of non-ortho nitro benzene ring substituents is 1. The molecule has 0 aliphatic heterocycles. The molecule has 0 aliphatic rings. The first-order chi connectivity index (χ1) is 8.56. The highest BCUT2D eigenvalue weighted by Gasteiger charge is 2.13. The zero-order chi connectivity index (χ0) is 13.1. The van der Waals surface area contributed by atoms with Crippen LogP contribution in [0.1, 0.15) is 16.2 Å². The van der Waals surface area contributed by atoms with Gasteiger partial charge in [-0.2, -0.15) is 0 Å². The predicted octanol–water partition coefficient (Wildman–Crippen LogP) is 4.52. The molecule has 94 valence electrons. The minimum Gasteiger partial charge on any atom is -0.449 e. The number of nitro groups is 1. The summed E-state index contributed by atoms with van der Waals surface area (Å²) in [5, 5.41) is 10.9. The fourth-order valence-corrected chi connectivity index (χ4v) is 2.33. The van der Waals surface area contributed by atoms with Crippen molar-refractivity contribution >= 4 is 33.2 Å². The summed E-state index contributed by atoms with van der Waals surface area (Å²) in [5.41, 5.74) is 1.07. The molecule has 0 saturated heterocycles. The van der Waals surface area contributed by atoms with E-state index in [1.165, 1.54) is 12.1 Å². The minimum absolute atomic E-state index is 0.00791. The van der Waals surface area contributed by atoms with E-state index in [9.17, 15) is 10.1 Å². The summed E-state index contributed by atoms with van der Waals surface area (Å²) in [5.74, 6) is 0.735. The average Bonchev–Trinajstić information content (AvgIpc) is 2.76. The molecule has 1 heterocycles. The van der Waals surface area contributed by atoms with Gasteiger partial charge in [0, 0.05) is 12.1 Å². The fraction of sp³-hybridized carbons (Fsp3) is 0.167. The maximum Gasteiger partial charge on any atom is 0.269 e. The van der Waals surface area contributed by atoms with Gasteiger partial charge < -0.3 is 4.42 Å².